The van der Waals surface area contributed by atoms with Crippen molar-refractivity contribution < 1.29 is 23.8 Å². The lowest BCUT2D eigenvalue weighted by Crippen LogP contribution is -2.46. The predicted octanol–water partition coefficient (Wildman–Crippen LogP) is 3.04. The molecular weight excluding hydrogens is 437 g/mol. The molecule has 1 aromatic rings. The summed E-state index contributed by atoms with van der Waals surface area (Å²) in [6.07, 6.45) is -0.710. The highest BCUT2D eigenvalue weighted by Gasteiger charge is 2.25. The van der Waals surface area contributed by atoms with Crippen LogP contribution in [0.5, 0.6) is 0 Å². The predicted molar refractivity (Wildman–Crippen MR) is 102 cm³/mol. The van der Waals surface area contributed by atoms with E-state index in [-0.39, 0.29) is 13.2 Å². The number of hydrogen-bond acceptors (Lipinski definition) is 5. The fourth-order valence-electron chi connectivity index (χ4n) is 1.72. The molecule has 0 unspecified atom stereocenters. The minimum atomic E-state index is -0.977. The number of nitrogens with one attached hydrogen (secondary N) is 1. The normalized spacial score (nSPS) is 11.7. The molecule has 0 radical (unpaired) electrons. The molecule has 1 atom stereocenters. The lowest BCUT2D eigenvalue weighted by Gasteiger charge is -2.22. The summed E-state index contributed by atoms with van der Waals surface area (Å²) in [6, 6.07) is 8.53. The van der Waals surface area contributed by atoms with E-state index in [1.807, 2.05) is 52.9 Å². The van der Waals surface area contributed by atoms with Gasteiger partial charge >= 0.3 is 12.1 Å². The van der Waals surface area contributed by atoms with Crippen LogP contribution in [0.4, 0.5) is 4.79 Å². The van der Waals surface area contributed by atoms with Gasteiger partial charge in [-0.3, -0.25) is 0 Å². The van der Waals surface area contributed by atoms with Crippen LogP contribution in [0.3, 0.4) is 0 Å². The number of amides is 1. The lowest BCUT2D eigenvalue weighted by molar-refractivity contribution is -0.146. The molecule has 1 amide bonds. The van der Waals surface area contributed by atoms with Crippen molar-refractivity contribution in [3.63, 3.8) is 0 Å². The first-order valence-electron chi connectivity index (χ1n) is 7.68. The topological polar surface area (TPSA) is 73.9 Å². The van der Waals surface area contributed by atoms with E-state index in [4.69, 9.17) is 14.2 Å². The zero-order valence-electron chi connectivity index (χ0n) is 14.5. The number of rotatable bonds is 7. The van der Waals surface area contributed by atoms with Gasteiger partial charge in [-0.05, 0) is 30.3 Å². The first kappa shape index (κ1) is 21.3. The van der Waals surface area contributed by atoms with E-state index in [0.29, 0.717) is 6.61 Å². The molecule has 136 valence electrons. The Bertz CT molecular complexity index is 616. The third kappa shape index (κ3) is 9.94. The largest absolute Gasteiger partial charge is 0.451 e. The molecule has 1 aromatic carbocycles. The molecule has 25 heavy (non-hydrogen) atoms. The molecule has 6 nitrogen and oxygen atoms in total. The van der Waals surface area contributed by atoms with E-state index in [2.05, 4.69) is 15.2 Å². The second-order valence-corrected chi connectivity index (χ2v) is 6.62. The zero-order valence-corrected chi connectivity index (χ0v) is 16.7. The minimum absolute atomic E-state index is 0.0371. The standard InChI is InChI=1S/C18H22INO5/c1-18(2,3)25-17(22)20-15(16(21)24-11-7-10-19)13-23-12-14-8-5-4-6-9-14/h4-6,8-9,15H,11-13H2,1-3H3,(H,20,22)/t15-/m0/s1. The molecule has 1 N–H and O–H groups in total. The summed E-state index contributed by atoms with van der Waals surface area (Å²) in [6.45, 7) is 5.44. The summed E-state index contributed by atoms with van der Waals surface area (Å²) in [5, 5.41) is 2.48. The van der Waals surface area contributed by atoms with Crippen molar-refractivity contribution in [2.24, 2.45) is 0 Å². The van der Waals surface area contributed by atoms with Crippen LogP contribution < -0.4 is 5.32 Å². The van der Waals surface area contributed by atoms with Crippen molar-refractivity contribution in [2.45, 2.75) is 39.0 Å². The second kappa shape index (κ2) is 10.9. The number of halogens is 1. The van der Waals surface area contributed by atoms with Gasteiger partial charge in [0.1, 0.15) is 5.60 Å². The molecule has 0 spiro atoms. The first-order chi connectivity index (χ1) is 11.8. The first-order valence-corrected chi connectivity index (χ1v) is 8.76. The molecule has 7 heteroatoms. The van der Waals surface area contributed by atoms with E-state index in [1.54, 1.807) is 20.8 Å². The molecule has 0 fully saturated rings. The summed E-state index contributed by atoms with van der Waals surface area (Å²) < 4.78 is 18.3. The van der Waals surface area contributed by atoms with Gasteiger partial charge in [0.05, 0.1) is 13.2 Å². The van der Waals surface area contributed by atoms with Crippen LogP contribution in [-0.2, 0) is 25.6 Å². The molecule has 0 aliphatic carbocycles. The van der Waals surface area contributed by atoms with Gasteiger partial charge < -0.3 is 19.5 Å². The van der Waals surface area contributed by atoms with Gasteiger partial charge in [-0.15, -0.1) is 0 Å². The monoisotopic (exact) mass is 459 g/mol. The number of alkyl carbamates (subject to hydrolysis) is 1. The molecule has 0 bridgehead atoms. The SMILES string of the molecule is CC(C)(C)OC(=O)N[C@@H](COCc1ccccc1)C(=O)OCC#CI. The number of carbonyl (C=O) groups is 2. The van der Waals surface area contributed by atoms with Gasteiger partial charge in [0, 0.05) is 22.6 Å². The van der Waals surface area contributed by atoms with E-state index in [1.165, 1.54) is 0 Å². The van der Waals surface area contributed by atoms with Gasteiger partial charge in [0.15, 0.2) is 12.6 Å². The highest BCUT2D eigenvalue weighted by atomic mass is 127. The average Bonchev–Trinajstić information content (AvgIpc) is 2.53. The van der Waals surface area contributed by atoms with E-state index >= 15 is 0 Å². The van der Waals surface area contributed by atoms with Crippen molar-refractivity contribution >= 4 is 34.7 Å². The fourth-order valence-corrected chi connectivity index (χ4v) is 1.88. The van der Waals surface area contributed by atoms with Crippen LogP contribution in [0.15, 0.2) is 30.3 Å². The Labute approximate surface area is 161 Å². The van der Waals surface area contributed by atoms with Crippen molar-refractivity contribution in [1.82, 2.24) is 5.32 Å². The molecule has 0 aromatic heterocycles. The van der Waals surface area contributed by atoms with E-state index in [9.17, 15) is 9.59 Å². The average molecular weight is 459 g/mol. The van der Waals surface area contributed by atoms with Crippen LogP contribution in [0, 0.1) is 9.85 Å². The molecule has 0 aliphatic rings. The molecule has 0 aliphatic heterocycles. The van der Waals surface area contributed by atoms with Crippen molar-refractivity contribution in [3.05, 3.63) is 35.9 Å². The lowest BCUT2D eigenvalue weighted by atomic mass is 10.2. The summed E-state index contributed by atoms with van der Waals surface area (Å²) in [4.78, 5) is 24.0. The molecule has 1 rings (SSSR count). The smallest absolute Gasteiger partial charge is 0.408 e. The van der Waals surface area contributed by atoms with Crippen LogP contribution in [-0.4, -0.2) is 36.9 Å². The highest BCUT2D eigenvalue weighted by Crippen LogP contribution is 2.07. The number of esters is 1. The summed E-state index contributed by atoms with van der Waals surface area (Å²) in [7, 11) is 0. The third-order valence-corrected chi connectivity index (χ3v) is 3.11. The van der Waals surface area contributed by atoms with Gasteiger partial charge in [-0.1, -0.05) is 36.3 Å². The van der Waals surface area contributed by atoms with Crippen molar-refractivity contribution in [3.8, 4) is 9.85 Å². The summed E-state index contributed by atoms with van der Waals surface area (Å²) >= 11 is 1.85. The van der Waals surface area contributed by atoms with Crippen molar-refractivity contribution in [2.75, 3.05) is 13.2 Å². The van der Waals surface area contributed by atoms with Crippen LogP contribution in [0.25, 0.3) is 0 Å². The van der Waals surface area contributed by atoms with Gasteiger partial charge in [0.25, 0.3) is 0 Å². The molecule has 0 saturated carbocycles. The number of benzene rings is 1. The Balaban J connectivity index is 2.60. The molecule has 0 heterocycles. The minimum Gasteiger partial charge on any atom is -0.451 e. The second-order valence-electron chi connectivity index (χ2n) is 6.08. The Morgan fingerprint density at radius 1 is 1.24 bits per heavy atom. The quantitative estimate of drug-likeness (QED) is 0.386. The van der Waals surface area contributed by atoms with Gasteiger partial charge in [0.2, 0.25) is 0 Å². The fraction of sp³-hybridized carbons (Fsp3) is 0.444. The number of ether oxygens (including phenoxy) is 3. The maximum Gasteiger partial charge on any atom is 0.408 e. The maximum atomic E-state index is 12.1. The van der Waals surface area contributed by atoms with E-state index in [0.717, 1.165) is 5.56 Å². The number of carbonyl (C=O) groups excluding carboxylic acids is 2. The number of hydrogen-bond donors (Lipinski definition) is 1. The summed E-state index contributed by atoms with van der Waals surface area (Å²) in [5.74, 6) is 1.99. The zero-order chi connectivity index (χ0) is 18.7. The highest BCUT2D eigenvalue weighted by molar-refractivity contribution is 14.1. The van der Waals surface area contributed by atoms with Gasteiger partial charge in [-0.2, -0.15) is 0 Å². The Morgan fingerprint density at radius 2 is 1.92 bits per heavy atom. The summed E-state index contributed by atoms with van der Waals surface area (Å²) in [5.41, 5.74) is 0.290. The third-order valence-electron chi connectivity index (χ3n) is 2.72. The molecule has 0 saturated heterocycles. The van der Waals surface area contributed by atoms with Gasteiger partial charge in [-0.25, -0.2) is 9.59 Å². The van der Waals surface area contributed by atoms with E-state index < -0.39 is 23.7 Å². The van der Waals surface area contributed by atoms with Crippen LogP contribution >= 0.6 is 22.6 Å². The Hall–Kier alpha value is -1.79. The van der Waals surface area contributed by atoms with Crippen LogP contribution in [0.2, 0.25) is 0 Å². The Kier molecular flexibility index (Phi) is 9.31. The maximum absolute atomic E-state index is 12.1. The van der Waals surface area contributed by atoms with Crippen LogP contribution in [0.1, 0.15) is 26.3 Å². The Morgan fingerprint density at radius 3 is 2.52 bits per heavy atom. The van der Waals surface area contributed by atoms with Crippen molar-refractivity contribution in [1.29, 1.82) is 0 Å². The molecular formula is C18H22INO5.